The molecule has 4 rings (SSSR count). The third-order valence-corrected chi connectivity index (χ3v) is 6.45. The predicted molar refractivity (Wildman–Crippen MR) is 123 cm³/mol. The van der Waals surface area contributed by atoms with Crippen molar-refractivity contribution >= 4 is 17.4 Å². The fourth-order valence-electron chi connectivity index (χ4n) is 4.92. The molecule has 0 saturated heterocycles. The molecule has 3 aromatic rings. The Hall–Kier alpha value is -2.89. The average molecular weight is 444 g/mol. The Bertz CT molecular complexity index is 1110. The standard InChI is InChI=1S/C25H29F2NO.CH2O2/c1-15(2)24-20(9-10-25(4)13-17(26)14-25)21-12-19(29)6-8-23(21)28(24)18-5-7-22(27)16(3)11-18;2-1-3/h5-8,11-12,15,17,29H,9-10,13-14H2,1-4H3;1H,(H,2,3). The lowest BCUT2D eigenvalue weighted by molar-refractivity contribution is -0.122. The van der Waals surface area contributed by atoms with Crippen molar-refractivity contribution in [2.75, 3.05) is 0 Å². The van der Waals surface area contributed by atoms with Gasteiger partial charge in [0.05, 0.1) is 5.52 Å². The van der Waals surface area contributed by atoms with Crippen molar-refractivity contribution in [2.45, 2.75) is 65.5 Å². The third-order valence-electron chi connectivity index (χ3n) is 6.45. The largest absolute Gasteiger partial charge is 0.508 e. The number of carbonyl (C=O) groups is 1. The topological polar surface area (TPSA) is 62.5 Å². The number of halogens is 2. The van der Waals surface area contributed by atoms with Gasteiger partial charge in [0.2, 0.25) is 0 Å². The second-order valence-electron chi connectivity index (χ2n) is 9.41. The highest BCUT2D eigenvalue weighted by Gasteiger charge is 2.40. The van der Waals surface area contributed by atoms with Crippen LogP contribution in [0.1, 0.15) is 62.8 Å². The highest BCUT2D eigenvalue weighted by molar-refractivity contribution is 5.89. The number of rotatable bonds is 5. The summed E-state index contributed by atoms with van der Waals surface area (Å²) >= 11 is 0. The second kappa shape index (κ2) is 9.31. The Morgan fingerprint density at radius 3 is 2.44 bits per heavy atom. The molecule has 0 amide bonds. The molecule has 1 aromatic heterocycles. The molecule has 1 aliphatic carbocycles. The minimum absolute atomic E-state index is 0.0470. The lowest BCUT2D eigenvalue weighted by Gasteiger charge is -2.41. The Morgan fingerprint density at radius 2 is 1.88 bits per heavy atom. The van der Waals surface area contributed by atoms with Crippen LogP contribution in [-0.4, -0.2) is 27.4 Å². The molecule has 1 fully saturated rings. The quantitative estimate of drug-likeness (QED) is 0.433. The van der Waals surface area contributed by atoms with Crippen LogP contribution in [-0.2, 0) is 11.2 Å². The van der Waals surface area contributed by atoms with Crippen LogP contribution >= 0.6 is 0 Å². The molecule has 0 aliphatic heterocycles. The zero-order valence-electron chi connectivity index (χ0n) is 19.0. The van der Waals surface area contributed by atoms with Crippen molar-refractivity contribution in [3.05, 3.63) is 59.0 Å². The van der Waals surface area contributed by atoms with Gasteiger partial charge in [-0.05, 0) is 91.5 Å². The number of alkyl halides is 1. The highest BCUT2D eigenvalue weighted by Crippen LogP contribution is 2.47. The maximum atomic E-state index is 13.9. The molecule has 0 unspecified atom stereocenters. The number of hydrogen-bond acceptors (Lipinski definition) is 2. The van der Waals surface area contributed by atoms with Gasteiger partial charge in [0.15, 0.2) is 0 Å². The Morgan fingerprint density at radius 1 is 1.22 bits per heavy atom. The van der Waals surface area contributed by atoms with Crippen molar-refractivity contribution in [1.82, 2.24) is 4.57 Å². The van der Waals surface area contributed by atoms with E-state index >= 15 is 0 Å². The van der Waals surface area contributed by atoms with Gasteiger partial charge in [-0.25, -0.2) is 8.78 Å². The van der Waals surface area contributed by atoms with Gasteiger partial charge in [0.25, 0.3) is 6.47 Å². The van der Waals surface area contributed by atoms with Crippen molar-refractivity contribution in [1.29, 1.82) is 0 Å². The zero-order valence-corrected chi connectivity index (χ0v) is 19.0. The van der Waals surface area contributed by atoms with E-state index in [9.17, 15) is 13.9 Å². The normalized spacial score (nSPS) is 20.0. The van der Waals surface area contributed by atoms with Crippen LogP contribution in [0.3, 0.4) is 0 Å². The van der Waals surface area contributed by atoms with Gasteiger partial charge in [0, 0.05) is 16.8 Å². The minimum atomic E-state index is -0.669. The Labute approximate surface area is 187 Å². The number of hydrogen-bond donors (Lipinski definition) is 2. The van der Waals surface area contributed by atoms with Crippen LogP contribution in [0.2, 0.25) is 0 Å². The molecule has 6 heteroatoms. The van der Waals surface area contributed by atoms with E-state index in [1.165, 1.54) is 17.3 Å². The van der Waals surface area contributed by atoms with Crippen molar-refractivity contribution in [3.63, 3.8) is 0 Å². The summed E-state index contributed by atoms with van der Waals surface area (Å²) in [5.41, 5.74) is 4.97. The van der Waals surface area contributed by atoms with Crippen LogP contribution in [0.5, 0.6) is 5.75 Å². The average Bonchev–Trinajstić information content (AvgIpc) is 3.02. The number of fused-ring (bicyclic) bond motifs is 1. The second-order valence-corrected chi connectivity index (χ2v) is 9.41. The van der Waals surface area contributed by atoms with Crippen LogP contribution in [0.25, 0.3) is 16.6 Å². The summed E-state index contributed by atoms with van der Waals surface area (Å²) in [5.74, 6) is 0.265. The van der Waals surface area contributed by atoms with Crippen molar-refractivity contribution in [3.8, 4) is 11.4 Å². The van der Waals surface area contributed by atoms with Crippen LogP contribution in [0, 0.1) is 18.2 Å². The first kappa shape index (κ1) is 23.8. The first-order chi connectivity index (χ1) is 15.1. The molecular formula is C26H31F2NO3. The lowest BCUT2D eigenvalue weighted by atomic mass is 9.66. The molecule has 1 saturated carbocycles. The zero-order chi connectivity index (χ0) is 23.6. The summed E-state index contributed by atoms with van der Waals surface area (Å²) in [5, 5.41) is 18.1. The van der Waals surface area contributed by atoms with Gasteiger partial charge < -0.3 is 14.8 Å². The summed E-state index contributed by atoms with van der Waals surface area (Å²) in [6.07, 6.45) is 2.35. The number of phenols is 1. The van der Waals surface area contributed by atoms with E-state index in [0.717, 1.165) is 29.4 Å². The van der Waals surface area contributed by atoms with Crippen LogP contribution in [0.15, 0.2) is 36.4 Å². The van der Waals surface area contributed by atoms with Gasteiger partial charge >= 0.3 is 0 Å². The Kier molecular flexibility index (Phi) is 6.91. The maximum Gasteiger partial charge on any atom is 0.290 e. The number of aryl methyl sites for hydroxylation is 2. The molecule has 1 heterocycles. The van der Waals surface area contributed by atoms with Crippen LogP contribution in [0.4, 0.5) is 8.78 Å². The van der Waals surface area contributed by atoms with Gasteiger partial charge in [-0.2, -0.15) is 0 Å². The number of aromatic nitrogens is 1. The minimum Gasteiger partial charge on any atom is -0.508 e. The summed E-state index contributed by atoms with van der Waals surface area (Å²) in [6.45, 7) is 8.01. The molecule has 0 atom stereocenters. The van der Waals surface area contributed by atoms with E-state index in [0.29, 0.717) is 18.4 Å². The molecule has 2 aromatic carbocycles. The monoisotopic (exact) mass is 443 g/mol. The SMILES string of the molecule is Cc1cc(-n2c(C(C)C)c(CCC3(C)CC(F)C3)c3cc(O)ccc32)ccc1F.O=CO. The summed E-state index contributed by atoms with van der Waals surface area (Å²) in [4.78, 5) is 8.36. The highest BCUT2D eigenvalue weighted by atomic mass is 19.1. The number of benzene rings is 2. The fourth-order valence-corrected chi connectivity index (χ4v) is 4.92. The molecule has 4 nitrogen and oxygen atoms in total. The smallest absolute Gasteiger partial charge is 0.290 e. The predicted octanol–water partition coefficient (Wildman–Crippen LogP) is 6.68. The third kappa shape index (κ3) is 4.64. The van der Waals surface area contributed by atoms with Crippen molar-refractivity contribution < 1.29 is 23.8 Å². The molecule has 1 aliphatic rings. The van der Waals surface area contributed by atoms with E-state index in [1.807, 2.05) is 24.3 Å². The van der Waals surface area contributed by atoms with Gasteiger partial charge in [-0.1, -0.05) is 20.8 Å². The van der Waals surface area contributed by atoms with E-state index in [4.69, 9.17) is 9.90 Å². The summed E-state index contributed by atoms with van der Waals surface area (Å²) in [6, 6.07) is 10.6. The van der Waals surface area contributed by atoms with Gasteiger partial charge in [-0.3, -0.25) is 4.79 Å². The number of aromatic hydroxyl groups is 1. The lowest BCUT2D eigenvalue weighted by Crippen LogP contribution is -2.36. The molecule has 2 N–H and O–H groups in total. The maximum absolute atomic E-state index is 13.9. The summed E-state index contributed by atoms with van der Waals surface area (Å²) < 4.78 is 29.6. The van der Waals surface area contributed by atoms with E-state index in [-0.39, 0.29) is 29.4 Å². The van der Waals surface area contributed by atoms with Gasteiger partial charge in [-0.15, -0.1) is 0 Å². The molecule has 172 valence electrons. The molecule has 0 spiro atoms. The number of phenolic OH excluding ortho intramolecular Hbond substituents is 1. The van der Waals surface area contributed by atoms with E-state index in [1.54, 1.807) is 13.0 Å². The van der Waals surface area contributed by atoms with Crippen molar-refractivity contribution in [2.24, 2.45) is 5.41 Å². The molecule has 32 heavy (non-hydrogen) atoms. The van der Waals surface area contributed by atoms with E-state index in [2.05, 4.69) is 25.3 Å². The number of nitrogens with zero attached hydrogens (tertiary/aromatic N) is 1. The van der Waals surface area contributed by atoms with Gasteiger partial charge in [0.1, 0.15) is 17.7 Å². The van der Waals surface area contributed by atoms with Crippen LogP contribution < -0.4 is 0 Å². The molecule has 0 bridgehead atoms. The first-order valence-electron chi connectivity index (χ1n) is 10.9. The Balaban J connectivity index is 0.000000913. The fraction of sp³-hybridized carbons (Fsp3) is 0.423. The molecular weight excluding hydrogens is 412 g/mol. The molecule has 0 radical (unpaired) electrons. The number of carboxylic acid groups (broad SMARTS) is 1. The summed E-state index contributed by atoms with van der Waals surface area (Å²) in [7, 11) is 0. The first-order valence-corrected chi connectivity index (χ1v) is 10.9. The van der Waals surface area contributed by atoms with E-state index < -0.39 is 6.17 Å².